The number of methoxy groups -OCH3 is 1. The minimum atomic E-state index is -4.14. The van der Waals surface area contributed by atoms with Crippen molar-refractivity contribution in [2.24, 2.45) is 5.41 Å². The van der Waals surface area contributed by atoms with Gasteiger partial charge in [0.15, 0.2) is 0 Å². The van der Waals surface area contributed by atoms with Crippen molar-refractivity contribution in [3.63, 3.8) is 0 Å². The van der Waals surface area contributed by atoms with Gasteiger partial charge in [-0.15, -0.1) is 0 Å². The number of aliphatic carboxylic acids is 1. The zero-order valence-electron chi connectivity index (χ0n) is 13.7. The van der Waals surface area contributed by atoms with E-state index >= 15 is 0 Å². The Labute approximate surface area is 134 Å². The molecule has 1 atom stereocenters. The van der Waals surface area contributed by atoms with Crippen LogP contribution in [0.25, 0.3) is 0 Å². The lowest BCUT2D eigenvalue weighted by Crippen LogP contribution is -2.41. The normalized spacial score (nSPS) is 14.3. The van der Waals surface area contributed by atoms with Gasteiger partial charge in [0.1, 0.15) is 22.0 Å². The van der Waals surface area contributed by atoms with Crippen LogP contribution in [-0.2, 0) is 19.6 Å². The van der Waals surface area contributed by atoms with E-state index in [-0.39, 0.29) is 34.9 Å². The summed E-state index contributed by atoms with van der Waals surface area (Å²) >= 11 is 0. The van der Waals surface area contributed by atoms with E-state index in [4.69, 9.17) is 4.42 Å². The van der Waals surface area contributed by atoms with Crippen molar-refractivity contribution in [2.75, 3.05) is 13.7 Å². The van der Waals surface area contributed by atoms with Crippen molar-refractivity contribution < 1.29 is 32.3 Å². The summed E-state index contributed by atoms with van der Waals surface area (Å²) in [5, 5.41) is 9.21. The summed E-state index contributed by atoms with van der Waals surface area (Å²) in [6.45, 7) is 5.63. The van der Waals surface area contributed by atoms with Crippen molar-refractivity contribution in [2.45, 2.75) is 39.0 Å². The molecular formula is C14H21NO7S. The largest absolute Gasteiger partial charge is 0.481 e. The Morgan fingerprint density at radius 2 is 1.87 bits per heavy atom. The molecule has 0 fully saturated rings. The second kappa shape index (κ2) is 6.71. The van der Waals surface area contributed by atoms with Crippen LogP contribution >= 0.6 is 0 Å². The number of ether oxygens (including phenoxy) is 1. The molecule has 0 aromatic carbocycles. The molecule has 0 aliphatic rings. The Balaban J connectivity index is 3.25. The molecule has 0 aliphatic carbocycles. The molecular weight excluding hydrogens is 326 g/mol. The molecule has 0 spiro atoms. The van der Waals surface area contributed by atoms with Gasteiger partial charge in [0.2, 0.25) is 10.0 Å². The molecule has 2 N–H and O–H groups in total. The Kier molecular flexibility index (Phi) is 5.60. The SMILES string of the molecule is CCC(C)(CNS(=O)(=O)c1c(C)oc(C)c1C(=O)OC)C(=O)O. The van der Waals surface area contributed by atoms with Gasteiger partial charge < -0.3 is 14.3 Å². The van der Waals surface area contributed by atoms with Crippen LogP contribution in [0.5, 0.6) is 0 Å². The molecule has 1 rings (SSSR count). The molecule has 8 nitrogen and oxygen atoms in total. The number of carbonyl (C=O) groups excluding carboxylic acids is 1. The molecule has 0 saturated heterocycles. The Morgan fingerprint density at radius 3 is 2.30 bits per heavy atom. The fraction of sp³-hybridized carbons (Fsp3) is 0.571. The van der Waals surface area contributed by atoms with Gasteiger partial charge in [-0.05, 0) is 27.2 Å². The first kappa shape index (κ1) is 19.2. The van der Waals surface area contributed by atoms with E-state index in [0.29, 0.717) is 0 Å². The van der Waals surface area contributed by atoms with Gasteiger partial charge in [-0.3, -0.25) is 4.79 Å². The monoisotopic (exact) mass is 347 g/mol. The molecule has 0 aliphatic heterocycles. The first-order valence-corrected chi connectivity index (χ1v) is 8.39. The van der Waals surface area contributed by atoms with Gasteiger partial charge in [-0.1, -0.05) is 6.92 Å². The maximum Gasteiger partial charge on any atom is 0.342 e. The predicted octanol–water partition coefficient (Wildman–Crippen LogP) is 1.46. The van der Waals surface area contributed by atoms with E-state index in [9.17, 15) is 23.1 Å². The maximum absolute atomic E-state index is 12.5. The van der Waals surface area contributed by atoms with E-state index in [2.05, 4.69) is 9.46 Å². The quantitative estimate of drug-likeness (QED) is 0.716. The minimum Gasteiger partial charge on any atom is -0.481 e. The number of nitrogens with one attached hydrogen (secondary N) is 1. The van der Waals surface area contributed by atoms with Crippen molar-refractivity contribution in [3.8, 4) is 0 Å². The van der Waals surface area contributed by atoms with Crippen LogP contribution in [0.1, 0.15) is 42.1 Å². The maximum atomic E-state index is 12.5. The predicted molar refractivity (Wildman–Crippen MR) is 80.7 cm³/mol. The summed E-state index contributed by atoms with van der Waals surface area (Å²) in [4.78, 5) is 22.8. The number of carboxylic acids is 1. The molecule has 9 heteroatoms. The van der Waals surface area contributed by atoms with Gasteiger partial charge in [-0.2, -0.15) is 0 Å². The average molecular weight is 347 g/mol. The number of aryl methyl sites for hydroxylation is 2. The second-order valence-electron chi connectivity index (χ2n) is 5.45. The van der Waals surface area contributed by atoms with Gasteiger partial charge in [0.25, 0.3) is 0 Å². The Hall–Kier alpha value is -1.87. The number of carboxylic acid groups (broad SMARTS) is 1. The number of carbonyl (C=O) groups is 2. The topological polar surface area (TPSA) is 123 Å². The second-order valence-corrected chi connectivity index (χ2v) is 7.16. The molecule has 0 radical (unpaired) electrons. The molecule has 1 unspecified atom stereocenters. The first-order valence-electron chi connectivity index (χ1n) is 6.91. The summed E-state index contributed by atoms with van der Waals surface area (Å²) in [5.74, 6) is -1.80. The zero-order valence-corrected chi connectivity index (χ0v) is 14.5. The van der Waals surface area contributed by atoms with Crippen molar-refractivity contribution in [3.05, 3.63) is 17.1 Å². The van der Waals surface area contributed by atoms with Gasteiger partial charge >= 0.3 is 11.9 Å². The molecule has 0 bridgehead atoms. The zero-order chi connectivity index (χ0) is 18.0. The molecule has 23 heavy (non-hydrogen) atoms. The van der Waals surface area contributed by atoms with Crippen molar-refractivity contribution in [1.82, 2.24) is 4.72 Å². The first-order chi connectivity index (χ1) is 10.5. The van der Waals surface area contributed by atoms with E-state index in [0.717, 1.165) is 7.11 Å². The highest BCUT2D eigenvalue weighted by atomic mass is 32.2. The number of rotatable bonds is 7. The number of hydrogen-bond donors (Lipinski definition) is 2. The van der Waals surface area contributed by atoms with Crippen LogP contribution in [0, 0.1) is 19.3 Å². The molecule has 1 heterocycles. The minimum absolute atomic E-state index is 0.0314. The number of furan rings is 1. The van der Waals surface area contributed by atoms with Gasteiger partial charge in [-0.25, -0.2) is 17.9 Å². The van der Waals surface area contributed by atoms with Crippen LogP contribution in [-0.4, -0.2) is 39.1 Å². The van der Waals surface area contributed by atoms with Gasteiger partial charge in [0, 0.05) is 6.54 Å². The van der Waals surface area contributed by atoms with Crippen LogP contribution < -0.4 is 4.72 Å². The van der Waals surface area contributed by atoms with E-state index in [1.807, 2.05) is 0 Å². The number of hydrogen-bond acceptors (Lipinski definition) is 6. The smallest absolute Gasteiger partial charge is 0.342 e. The summed E-state index contributed by atoms with van der Waals surface area (Å²) in [7, 11) is -3.01. The highest BCUT2D eigenvalue weighted by molar-refractivity contribution is 7.89. The molecule has 130 valence electrons. The molecule has 0 amide bonds. The van der Waals surface area contributed by atoms with Crippen molar-refractivity contribution >= 4 is 22.0 Å². The summed E-state index contributed by atoms with van der Waals surface area (Å²) in [6, 6.07) is 0. The molecule has 1 aromatic rings. The average Bonchev–Trinajstić information content (AvgIpc) is 2.79. The lowest BCUT2D eigenvalue weighted by atomic mass is 9.88. The Morgan fingerprint density at radius 1 is 1.30 bits per heavy atom. The van der Waals surface area contributed by atoms with Crippen LogP contribution in [0.15, 0.2) is 9.31 Å². The highest BCUT2D eigenvalue weighted by Gasteiger charge is 2.36. The third-order valence-corrected chi connectivity index (χ3v) is 5.37. The number of esters is 1. The lowest BCUT2D eigenvalue weighted by Gasteiger charge is -2.23. The third kappa shape index (κ3) is 3.73. The summed E-state index contributed by atoms with van der Waals surface area (Å²) < 4.78 is 37.1. The molecule has 0 saturated carbocycles. The fourth-order valence-corrected chi connectivity index (χ4v) is 3.57. The van der Waals surface area contributed by atoms with E-state index in [1.165, 1.54) is 20.8 Å². The highest BCUT2D eigenvalue weighted by Crippen LogP contribution is 2.28. The van der Waals surface area contributed by atoms with Crippen molar-refractivity contribution in [1.29, 1.82) is 0 Å². The van der Waals surface area contributed by atoms with Crippen LogP contribution in [0.4, 0.5) is 0 Å². The van der Waals surface area contributed by atoms with E-state index < -0.39 is 27.4 Å². The lowest BCUT2D eigenvalue weighted by molar-refractivity contribution is -0.147. The summed E-state index contributed by atoms with van der Waals surface area (Å²) in [6.07, 6.45) is 0.234. The summed E-state index contributed by atoms with van der Waals surface area (Å²) in [5.41, 5.74) is -1.45. The number of sulfonamides is 1. The van der Waals surface area contributed by atoms with E-state index in [1.54, 1.807) is 6.92 Å². The standard InChI is InChI=1S/C14H21NO7S/c1-6-14(4,13(17)18)7-15-23(19,20)11-9(3)22-8(2)10(11)12(16)21-5/h15H,6-7H2,1-5H3,(H,17,18). The molecule has 1 aromatic heterocycles. The van der Waals surface area contributed by atoms with Crippen LogP contribution in [0.2, 0.25) is 0 Å². The third-order valence-electron chi connectivity index (χ3n) is 3.81. The fourth-order valence-electron chi connectivity index (χ4n) is 2.00. The Bertz CT molecular complexity index is 720. The van der Waals surface area contributed by atoms with Crippen LogP contribution in [0.3, 0.4) is 0 Å². The van der Waals surface area contributed by atoms with Gasteiger partial charge in [0.05, 0.1) is 12.5 Å².